The highest BCUT2D eigenvalue weighted by molar-refractivity contribution is 9.10. The number of rotatable bonds is 5. The van der Waals surface area contributed by atoms with E-state index in [0.29, 0.717) is 6.54 Å². The van der Waals surface area contributed by atoms with Crippen LogP contribution in [-0.4, -0.2) is 24.0 Å². The Labute approximate surface area is 169 Å². The van der Waals surface area contributed by atoms with Crippen molar-refractivity contribution in [2.24, 2.45) is 0 Å². The molecule has 0 radical (unpaired) electrons. The van der Waals surface area contributed by atoms with Crippen molar-refractivity contribution in [1.29, 1.82) is 0 Å². The van der Waals surface area contributed by atoms with E-state index in [4.69, 9.17) is 0 Å². The second-order valence-electron chi connectivity index (χ2n) is 7.70. The number of hydrogen-bond acceptors (Lipinski definition) is 3. The van der Waals surface area contributed by atoms with E-state index >= 15 is 0 Å². The fourth-order valence-corrected chi connectivity index (χ4v) is 4.70. The molecule has 0 spiro atoms. The maximum Gasteiger partial charge on any atom is 0.230 e. The molecule has 1 saturated heterocycles. The van der Waals surface area contributed by atoms with Crippen molar-refractivity contribution in [3.8, 4) is 0 Å². The summed E-state index contributed by atoms with van der Waals surface area (Å²) >= 11 is 3.49. The Morgan fingerprint density at radius 1 is 1.07 bits per heavy atom. The zero-order valence-corrected chi connectivity index (χ0v) is 17.2. The smallest absolute Gasteiger partial charge is 0.230 e. The van der Waals surface area contributed by atoms with Gasteiger partial charge in [0.15, 0.2) is 0 Å². The maximum atomic E-state index is 13.2. The summed E-state index contributed by atoms with van der Waals surface area (Å²) in [5, 5.41) is 3.22. The lowest BCUT2D eigenvalue weighted by atomic mass is 9.78. The van der Waals surface area contributed by atoms with Crippen molar-refractivity contribution < 1.29 is 4.79 Å². The van der Waals surface area contributed by atoms with Gasteiger partial charge >= 0.3 is 0 Å². The minimum Gasteiger partial charge on any atom is -0.357 e. The highest BCUT2D eigenvalue weighted by atomic mass is 79.9. The molecule has 2 aliphatic rings. The van der Waals surface area contributed by atoms with Gasteiger partial charge in [0.25, 0.3) is 0 Å². The Hall–Kier alpha value is -1.88. The predicted octanol–water partition coefficient (Wildman–Crippen LogP) is 4.57. The van der Waals surface area contributed by atoms with E-state index < -0.39 is 0 Å². The summed E-state index contributed by atoms with van der Waals surface area (Å²) in [6.45, 7) is 2.71. The van der Waals surface area contributed by atoms with Crippen LogP contribution in [-0.2, 0) is 16.8 Å². The van der Waals surface area contributed by atoms with Gasteiger partial charge in [-0.1, -0.05) is 40.9 Å². The van der Waals surface area contributed by atoms with Crippen LogP contribution < -0.4 is 10.2 Å². The number of benzene rings is 1. The van der Waals surface area contributed by atoms with Crippen molar-refractivity contribution >= 4 is 27.7 Å². The summed E-state index contributed by atoms with van der Waals surface area (Å²) in [6, 6.07) is 12.4. The molecule has 0 bridgehead atoms. The van der Waals surface area contributed by atoms with Crippen LogP contribution in [0.5, 0.6) is 0 Å². The first kappa shape index (κ1) is 18.5. The van der Waals surface area contributed by atoms with E-state index in [0.717, 1.165) is 60.2 Å². The molecular formula is C22H26BrN3O. The number of hydrogen-bond donors (Lipinski definition) is 1. The molecule has 1 aliphatic carbocycles. The number of pyridine rings is 1. The van der Waals surface area contributed by atoms with Gasteiger partial charge in [-0.15, -0.1) is 0 Å². The Morgan fingerprint density at radius 3 is 2.48 bits per heavy atom. The Kier molecular flexibility index (Phi) is 5.48. The number of anilines is 1. The SMILES string of the molecule is O=C(NCc1ccnc(N2CCCC2)c1)C1(c2ccc(Br)cc2)CCCC1. The molecule has 2 heterocycles. The summed E-state index contributed by atoms with van der Waals surface area (Å²) in [5.74, 6) is 1.18. The summed E-state index contributed by atoms with van der Waals surface area (Å²) in [6.07, 6.45) is 8.40. The van der Waals surface area contributed by atoms with Gasteiger partial charge in [-0.3, -0.25) is 4.79 Å². The fraction of sp³-hybridized carbons (Fsp3) is 0.455. The molecule has 5 heteroatoms. The molecule has 2 aromatic rings. The number of carbonyl (C=O) groups is 1. The number of amides is 1. The molecule has 4 nitrogen and oxygen atoms in total. The topological polar surface area (TPSA) is 45.2 Å². The van der Waals surface area contributed by atoms with E-state index in [-0.39, 0.29) is 11.3 Å². The minimum absolute atomic E-state index is 0.154. The third-order valence-corrected chi connectivity index (χ3v) is 6.51. The average Bonchev–Trinajstić information content (AvgIpc) is 3.39. The lowest BCUT2D eigenvalue weighted by Crippen LogP contribution is -2.42. The minimum atomic E-state index is -0.383. The highest BCUT2D eigenvalue weighted by Gasteiger charge is 2.42. The number of nitrogens with one attached hydrogen (secondary N) is 1. The molecule has 1 N–H and O–H groups in total. The second-order valence-corrected chi connectivity index (χ2v) is 8.61. The molecule has 4 rings (SSSR count). The van der Waals surface area contributed by atoms with E-state index in [1.807, 2.05) is 24.4 Å². The van der Waals surface area contributed by atoms with Crippen LogP contribution in [0.4, 0.5) is 5.82 Å². The second kappa shape index (κ2) is 8.01. The first-order valence-electron chi connectivity index (χ1n) is 9.92. The average molecular weight is 428 g/mol. The van der Waals surface area contributed by atoms with Gasteiger partial charge in [-0.25, -0.2) is 4.98 Å². The van der Waals surface area contributed by atoms with Crippen LogP contribution in [0.25, 0.3) is 0 Å². The fourth-order valence-electron chi connectivity index (χ4n) is 4.44. The molecule has 1 amide bonds. The van der Waals surface area contributed by atoms with Crippen LogP contribution in [0.2, 0.25) is 0 Å². The molecule has 1 aliphatic heterocycles. The van der Waals surface area contributed by atoms with Gasteiger partial charge in [-0.05, 0) is 61.1 Å². The highest BCUT2D eigenvalue weighted by Crippen LogP contribution is 2.41. The molecule has 142 valence electrons. The summed E-state index contributed by atoms with van der Waals surface area (Å²) in [7, 11) is 0. The Balaban J connectivity index is 1.47. The lowest BCUT2D eigenvalue weighted by molar-refractivity contribution is -0.126. The van der Waals surface area contributed by atoms with Gasteiger partial charge in [0.2, 0.25) is 5.91 Å². The number of carbonyl (C=O) groups excluding carboxylic acids is 1. The Bertz CT molecular complexity index is 793. The van der Waals surface area contributed by atoms with Crippen LogP contribution in [0.15, 0.2) is 47.1 Å². The molecular weight excluding hydrogens is 402 g/mol. The van der Waals surface area contributed by atoms with Crippen LogP contribution in [0.3, 0.4) is 0 Å². The van der Waals surface area contributed by atoms with Gasteiger partial charge in [0, 0.05) is 30.3 Å². The number of aromatic nitrogens is 1. The first-order chi connectivity index (χ1) is 13.2. The number of halogens is 1. The molecule has 0 atom stereocenters. The quantitative estimate of drug-likeness (QED) is 0.759. The monoisotopic (exact) mass is 427 g/mol. The molecule has 1 aromatic heterocycles. The number of nitrogens with zero attached hydrogens (tertiary/aromatic N) is 2. The van der Waals surface area contributed by atoms with Crippen LogP contribution in [0, 0.1) is 0 Å². The van der Waals surface area contributed by atoms with Crippen molar-refractivity contribution in [3.63, 3.8) is 0 Å². The largest absolute Gasteiger partial charge is 0.357 e. The van der Waals surface area contributed by atoms with E-state index in [9.17, 15) is 4.79 Å². The van der Waals surface area contributed by atoms with Crippen LogP contribution >= 0.6 is 15.9 Å². The summed E-state index contributed by atoms with van der Waals surface area (Å²) in [4.78, 5) is 20.0. The third kappa shape index (κ3) is 3.88. The normalized spacial score (nSPS) is 18.6. The van der Waals surface area contributed by atoms with Gasteiger partial charge < -0.3 is 10.2 Å². The maximum absolute atomic E-state index is 13.2. The van der Waals surface area contributed by atoms with Crippen LogP contribution in [0.1, 0.15) is 49.7 Å². The van der Waals surface area contributed by atoms with E-state index in [1.54, 1.807) is 0 Å². The summed E-state index contributed by atoms with van der Waals surface area (Å²) in [5.41, 5.74) is 1.86. The zero-order valence-electron chi connectivity index (χ0n) is 15.6. The van der Waals surface area contributed by atoms with Gasteiger partial charge in [0.05, 0.1) is 5.41 Å². The predicted molar refractivity (Wildman–Crippen MR) is 112 cm³/mol. The zero-order chi connectivity index (χ0) is 18.7. The van der Waals surface area contributed by atoms with E-state index in [2.05, 4.69) is 49.3 Å². The van der Waals surface area contributed by atoms with Gasteiger partial charge in [0.1, 0.15) is 5.82 Å². The molecule has 2 fully saturated rings. The lowest BCUT2D eigenvalue weighted by Gasteiger charge is -2.28. The van der Waals surface area contributed by atoms with E-state index in [1.165, 1.54) is 12.8 Å². The molecule has 1 saturated carbocycles. The molecule has 0 unspecified atom stereocenters. The molecule has 27 heavy (non-hydrogen) atoms. The Morgan fingerprint density at radius 2 is 1.78 bits per heavy atom. The third-order valence-electron chi connectivity index (χ3n) is 5.98. The molecule has 1 aromatic carbocycles. The van der Waals surface area contributed by atoms with Crippen molar-refractivity contribution in [2.45, 2.75) is 50.5 Å². The summed E-state index contributed by atoms with van der Waals surface area (Å²) < 4.78 is 1.05. The van der Waals surface area contributed by atoms with Crippen molar-refractivity contribution in [1.82, 2.24) is 10.3 Å². The standard InChI is InChI=1S/C22H26BrN3O/c23-19-7-5-18(6-8-19)22(10-1-2-11-22)21(27)25-16-17-9-12-24-20(15-17)26-13-3-4-14-26/h5-9,12,15H,1-4,10-11,13-14,16H2,(H,25,27). The van der Waals surface area contributed by atoms with Crippen molar-refractivity contribution in [3.05, 3.63) is 58.2 Å². The van der Waals surface area contributed by atoms with Crippen molar-refractivity contribution in [2.75, 3.05) is 18.0 Å². The first-order valence-corrected chi connectivity index (χ1v) is 10.7. The van der Waals surface area contributed by atoms with Gasteiger partial charge in [-0.2, -0.15) is 0 Å².